The highest BCUT2D eigenvalue weighted by Gasteiger charge is 2.19. The normalized spacial score (nSPS) is 13.6. The lowest BCUT2D eigenvalue weighted by molar-refractivity contribution is 0.235. The SMILES string of the molecule is Cc1c(C(CN)N(C)CCC(C)C)cnn1C. The summed E-state index contributed by atoms with van der Waals surface area (Å²) in [6.45, 7) is 8.32. The molecule has 0 aliphatic carbocycles. The first-order valence-electron chi connectivity index (χ1n) is 6.36. The largest absolute Gasteiger partial charge is 0.329 e. The van der Waals surface area contributed by atoms with Gasteiger partial charge in [-0.1, -0.05) is 13.8 Å². The van der Waals surface area contributed by atoms with Gasteiger partial charge in [-0.3, -0.25) is 9.58 Å². The van der Waals surface area contributed by atoms with Gasteiger partial charge in [0.05, 0.1) is 12.2 Å². The molecular weight excluding hydrogens is 212 g/mol. The summed E-state index contributed by atoms with van der Waals surface area (Å²) < 4.78 is 1.91. The predicted octanol–water partition coefficient (Wildman–Crippen LogP) is 1.71. The minimum Gasteiger partial charge on any atom is -0.329 e. The third-order valence-electron chi connectivity index (χ3n) is 3.45. The van der Waals surface area contributed by atoms with Crippen LogP contribution >= 0.6 is 0 Å². The fraction of sp³-hybridized carbons (Fsp3) is 0.769. The van der Waals surface area contributed by atoms with Crippen molar-refractivity contribution in [3.63, 3.8) is 0 Å². The third kappa shape index (κ3) is 3.54. The van der Waals surface area contributed by atoms with Crippen molar-refractivity contribution >= 4 is 0 Å². The molecule has 0 fully saturated rings. The zero-order valence-electron chi connectivity index (χ0n) is 11.8. The molecule has 0 saturated carbocycles. The molecule has 0 radical (unpaired) electrons. The van der Waals surface area contributed by atoms with Crippen molar-refractivity contribution in [1.82, 2.24) is 14.7 Å². The van der Waals surface area contributed by atoms with Crippen molar-refractivity contribution in [2.75, 3.05) is 20.1 Å². The predicted molar refractivity (Wildman–Crippen MR) is 71.8 cm³/mol. The van der Waals surface area contributed by atoms with Crippen molar-refractivity contribution in [1.29, 1.82) is 0 Å². The smallest absolute Gasteiger partial charge is 0.0540 e. The van der Waals surface area contributed by atoms with Gasteiger partial charge in [0.1, 0.15) is 0 Å². The summed E-state index contributed by atoms with van der Waals surface area (Å²) in [6.07, 6.45) is 3.14. The van der Waals surface area contributed by atoms with Gasteiger partial charge < -0.3 is 5.73 Å². The monoisotopic (exact) mass is 238 g/mol. The molecule has 1 aromatic rings. The van der Waals surface area contributed by atoms with E-state index in [4.69, 9.17) is 5.73 Å². The van der Waals surface area contributed by atoms with Gasteiger partial charge in [-0.25, -0.2) is 0 Å². The van der Waals surface area contributed by atoms with Crippen molar-refractivity contribution < 1.29 is 0 Å². The molecule has 1 atom stereocenters. The number of aromatic nitrogens is 2. The number of hydrogen-bond donors (Lipinski definition) is 1. The van der Waals surface area contributed by atoms with Crippen LogP contribution in [0.3, 0.4) is 0 Å². The van der Waals surface area contributed by atoms with Crippen LogP contribution in [0.1, 0.15) is 37.6 Å². The summed E-state index contributed by atoms with van der Waals surface area (Å²) in [7, 11) is 4.12. The Kier molecular flexibility index (Phi) is 5.15. The van der Waals surface area contributed by atoms with E-state index < -0.39 is 0 Å². The summed E-state index contributed by atoms with van der Waals surface area (Å²) in [5.74, 6) is 0.728. The van der Waals surface area contributed by atoms with Crippen molar-refractivity contribution in [3.8, 4) is 0 Å². The van der Waals surface area contributed by atoms with Gasteiger partial charge in [0.15, 0.2) is 0 Å². The summed E-state index contributed by atoms with van der Waals surface area (Å²) in [4.78, 5) is 2.34. The first-order chi connectivity index (χ1) is 7.97. The van der Waals surface area contributed by atoms with E-state index in [1.54, 1.807) is 0 Å². The molecule has 1 unspecified atom stereocenters. The maximum Gasteiger partial charge on any atom is 0.0540 e. The number of likely N-dealkylation sites (N-methyl/N-ethyl adjacent to an activating group) is 1. The molecule has 4 heteroatoms. The summed E-state index contributed by atoms with van der Waals surface area (Å²) in [5, 5.41) is 4.30. The van der Waals surface area contributed by atoms with Gasteiger partial charge in [0.25, 0.3) is 0 Å². The Bertz CT molecular complexity index is 343. The number of hydrogen-bond acceptors (Lipinski definition) is 3. The van der Waals surface area contributed by atoms with Crippen LogP contribution < -0.4 is 5.73 Å². The number of aryl methyl sites for hydroxylation is 1. The maximum atomic E-state index is 5.91. The first-order valence-corrected chi connectivity index (χ1v) is 6.36. The van der Waals surface area contributed by atoms with Crippen molar-refractivity contribution in [2.24, 2.45) is 18.7 Å². The summed E-state index contributed by atoms with van der Waals surface area (Å²) in [5.41, 5.74) is 8.37. The molecule has 1 aromatic heterocycles. The van der Waals surface area contributed by atoms with E-state index in [0.29, 0.717) is 6.54 Å². The molecule has 2 N–H and O–H groups in total. The third-order valence-corrected chi connectivity index (χ3v) is 3.45. The van der Waals surface area contributed by atoms with Crippen LogP contribution in [0.4, 0.5) is 0 Å². The van der Waals surface area contributed by atoms with E-state index in [1.807, 2.05) is 17.9 Å². The van der Waals surface area contributed by atoms with Crippen molar-refractivity contribution in [2.45, 2.75) is 33.2 Å². The second kappa shape index (κ2) is 6.17. The summed E-state index contributed by atoms with van der Waals surface area (Å²) in [6, 6.07) is 0.280. The molecule has 0 aliphatic rings. The molecule has 0 spiro atoms. The first kappa shape index (κ1) is 14.2. The van der Waals surface area contributed by atoms with Crippen molar-refractivity contribution in [3.05, 3.63) is 17.5 Å². The highest BCUT2D eigenvalue weighted by atomic mass is 15.3. The average Bonchev–Trinajstić information content (AvgIpc) is 2.59. The van der Waals surface area contributed by atoms with Gasteiger partial charge in [-0.15, -0.1) is 0 Å². The topological polar surface area (TPSA) is 47.1 Å². The Labute approximate surface area is 105 Å². The molecular formula is C13H26N4. The number of nitrogens with two attached hydrogens (primary N) is 1. The fourth-order valence-corrected chi connectivity index (χ4v) is 2.00. The molecule has 0 aliphatic heterocycles. The number of rotatable bonds is 6. The highest BCUT2D eigenvalue weighted by molar-refractivity contribution is 5.20. The van der Waals surface area contributed by atoms with E-state index >= 15 is 0 Å². The maximum absolute atomic E-state index is 5.91. The quantitative estimate of drug-likeness (QED) is 0.820. The molecule has 4 nitrogen and oxygen atoms in total. The zero-order valence-corrected chi connectivity index (χ0v) is 11.8. The molecule has 98 valence electrons. The Morgan fingerprint density at radius 1 is 1.47 bits per heavy atom. The second-order valence-corrected chi connectivity index (χ2v) is 5.22. The lowest BCUT2D eigenvalue weighted by atomic mass is 10.1. The van der Waals surface area contributed by atoms with E-state index in [1.165, 1.54) is 17.7 Å². The molecule has 0 amide bonds. The van der Waals surface area contributed by atoms with E-state index in [9.17, 15) is 0 Å². The fourth-order valence-electron chi connectivity index (χ4n) is 2.00. The molecule has 17 heavy (non-hydrogen) atoms. The molecule has 1 heterocycles. The van der Waals surface area contributed by atoms with E-state index in [-0.39, 0.29) is 6.04 Å². The van der Waals surface area contributed by atoms with Crippen LogP contribution in [0.5, 0.6) is 0 Å². The van der Waals surface area contributed by atoms with Gasteiger partial charge in [-0.2, -0.15) is 5.10 Å². The molecule has 0 saturated heterocycles. The molecule has 0 bridgehead atoms. The summed E-state index contributed by atoms with van der Waals surface area (Å²) >= 11 is 0. The van der Waals surface area contributed by atoms with Gasteiger partial charge in [-0.05, 0) is 32.9 Å². The van der Waals surface area contributed by atoms with Crippen LogP contribution in [0.25, 0.3) is 0 Å². The molecule has 1 rings (SSSR count). The zero-order chi connectivity index (χ0) is 13.0. The Hall–Kier alpha value is -0.870. The Morgan fingerprint density at radius 2 is 2.12 bits per heavy atom. The highest BCUT2D eigenvalue weighted by Crippen LogP contribution is 2.21. The number of nitrogens with zero attached hydrogens (tertiary/aromatic N) is 3. The Balaban J connectivity index is 2.74. The lowest BCUT2D eigenvalue weighted by Gasteiger charge is -2.27. The second-order valence-electron chi connectivity index (χ2n) is 5.22. The van der Waals surface area contributed by atoms with E-state index in [0.717, 1.165) is 12.5 Å². The van der Waals surface area contributed by atoms with Crippen LogP contribution in [-0.4, -0.2) is 34.8 Å². The van der Waals surface area contributed by atoms with E-state index in [2.05, 4.69) is 37.8 Å². The molecule has 0 aromatic carbocycles. The van der Waals surface area contributed by atoms with Crippen LogP contribution in [0, 0.1) is 12.8 Å². The Morgan fingerprint density at radius 3 is 2.53 bits per heavy atom. The minimum absolute atomic E-state index is 0.280. The van der Waals surface area contributed by atoms with Gasteiger partial charge in [0.2, 0.25) is 0 Å². The minimum atomic E-state index is 0.280. The van der Waals surface area contributed by atoms with Crippen LogP contribution in [0.2, 0.25) is 0 Å². The lowest BCUT2D eigenvalue weighted by Crippen LogP contribution is -2.32. The average molecular weight is 238 g/mol. The standard InChI is InChI=1S/C13H26N4/c1-10(2)6-7-16(4)13(8-14)12-9-15-17(5)11(12)3/h9-10,13H,6-8,14H2,1-5H3. The van der Waals surface area contributed by atoms with Gasteiger partial charge >= 0.3 is 0 Å². The van der Waals surface area contributed by atoms with Gasteiger partial charge in [0, 0.05) is 24.8 Å². The van der Waals surface area contributed by atoms with Crippen LogP contribution in [-0.2, 0) is 7.05 Å². The van der Waals surface area contributed by atoms with Crippen LogP contribution in [0.15, 0.2) is 6.20 Å².